The highest BCUT2D eigenvalue weighted by Gasteiger charge is 2.34. The Hall–Kier alpha value is -1.74. The molecule has 1 heterocycles. The van der Waals surface area contributed by atoms with Gasteiger partial charge in [-0.3, -0.25) is 0 Å². The molecular weight excluding hydrogens is 245 g/mol. The average Bonchev–Trinajstić information content (AvgIpc) is 2.73. The molecule has 1 atom stereocenters. The van der Waals surface area contributed by atoms with E-state index in [9.17, 15) is 13.2 Å². The van der Waals surface area contributed by atoms with Crippen molar-refractivity contribution in [3.63, 3.8) is 0 Å². The number of alkyl halides is 3. The van der Waals surface area contributed by atoms with Crippen LogP contribution in [-0.4, -0.2) is 19.4 Å². The van der Waals surface area contributed by atoms with Gasteiger partial charge in [0.25, 0.3) is 0 Å². The first-order valence-corrected chi connectivity index (χ1v) is 5.43. The van der Waals surface area contributed by atoms with Gasteiger partial charge in [-0.05, 0) is 25.1 Å². The molecule has 0 aliphatic carbocycles. The zero-order valence-electron chi connectivity index (χ0n) is 9.66. The lowest BCUT2D eigenvalue weighted by molar-refractivity contribution is -0.137. The first-order chi connectivity index (χ1) is 8.43. The summed E-state index contributed by atoms with van der Waals surface area (Å²) >= 11 is 0. The van der Waals surface area contributed by atoms with Crippen LogP contribution in [-0.2, 0) is 10.9 Å². The summed E-state index contributed by atoms with van der Waals surface area (Å²) in [5, 5.41) is 8.70. The quantitative estimate of drug-likeness (QED) is 0.775. The average molecular weight is 256 g/mol. The highest BCUT2D eigenvalue weighted by atomic mass is 19.4. The number of hydrogen-bond donors (Lipinski definition) is 0. The van der Waals surface area contributed by atoms with Gasteiger partial charge in [0, 0.05) is 12.2 Å². The molecule has 0 radical (unpaired) electrons. The maximum atomic E-state index is 12.8. The summed E-state index contributed by atoms with van der Waals surface area (Å²) < 4.78 is 43.7. The molecule has 96 valence electrons. The van der Waals surface area contributed by atoms with Crippen LogP contribution in [0.15, 0.2) is 18.2 Å². The number of rotatable bonds is 1. The molecule has 2 rings (SSSR count). The van der Waals surface area contributed by atoms with Gasteiger partial charge in [-0.25, -0.2) is 0 Å². The zero-order chi connectivity index (χ0) is 13.3. The highest BCUT2D eigenvalue weighted by molar-refractivity contribution is 5.55. The van der Waals surface area contributed by atoms with E-state index < -0.39 is 11.7 Å². The summed E-state index contributed by atoms with van der Waals surface area (Å²) in [6.07, 6.45) is -4.77. The SMILES string of the molecule is CC1OCCN1c1ccc(C#N)c(C(F)(F)F)c1. The topological polar surface area (TPSA) is 36.3 Å². The van der Waals surface area contributed by atoms with E-state index in [0.29, 0.717) is 18.8 Å². The lowest BCUT2D eigenvalue weighted by Gasteiger charge is -2.23. The molecule has 3 nitrogen and oxygen atoms in total. The maximum Gasteiger partial charge on any atom is 0.417 e. The van der Waals surface area contributed by atoms with Crippen LogP contribution in [0.5, 0.6) is 0 Å². The number of nitrogens with zero attached hydrogens (tertiary/aromatic N) is 2. The van der Waals surface area contributed by atoms with Crippen LogP contribution in [0, 0.1) is 11.3 Å². The fourth-order valence-electron chi connectivity index (χ4n) is 1.98. The predicted molar refractivity (Wildman–Crippen MR) is 58.9 cm³/mol. The van der Waals surface area contributed by atoms with Gasteiger partial charge in [-0.1, -0.05) is 0 Å². The van der Waals surface area contributed by atoms with E-state index in [1.807, 2.05) is 0 Å². The Morgan fingerprint density at radius 2 is 2.17 bits per heavy atom. The number of halogens is 3. The molecule has 1 aliphatic rings. The largest absolute Gasteiger partial charge is 0.417 e. The first kappa shape index (κ1) is 12.7. The van der Waals surface area contributed by atoms with Gasteiger partial charge in [-0.2, -0.15) is 18.4 Å². The number of nitriles is 1. The number of benzene rings is 1. The fourth-order valence-corrected chi connectivity index (χ4v) is 1.98. The molecule has 1 aromatic carbocycles. The van der Waals surface area contributed by atoms with Gasteiger partial charge < -0.3 is 9.64 Å². The van der Waals surface area contributed by atoms with E-state index in [-0.39, 0.29) is 11.8 Å². The molecule has 1 aromatic rings. The smallest absolute Gasteiger partial charge is 0.357 e. The van der Waals surface area contributed by atoms with Crippen LogP contribution in [0.3, 0.4) is 0 Å². The minimum atomic E-state index is -4.52. The Morgan fingerprint density at radius 1 is 1.44 bits per heavy atom. The van der Waals surface area contributed by atoms with E-state index in [2.05, 4.69) is 0 Å². The second-order valence-corrected chi connectivity index (χ2v) is 4.00. The van der Waals surface area contributed by atoms with Crippen molar-refractivity contribution in [2.24, 2.45) is 0 Å². The van der Waals surface area contributed by atoms with Gasteiger partial charge in [0.15, 0.2) is 0 Å². The molecule has 0 N–H and O–H groups in total. The Balaban J connectivity index is 2.44. The van der Waals surface area contributed by atoms with E-state index in [4.69, 9.17) is 10.00 Å². The summed E-state index contributed by atoms with van der Waals surface area (Å²) in [7, 11) is 0. The highest BCUT2D eigenvalue weighted by Crippen LogP contribution is 2.35. The second kappa shape index (κ2) is 4.50. The maximum absolute atomic E-state index is 12.8. The minimum absolute atomic E-state index is 0.251. The second-order valence-electron chi connectivity index (χ2n) is 4.00. The zero-order valence-corrected chi connectivity index (χ0v) is 9.66. The van der Waals surface area contributed by atoms with Gasteiger partial charge >= 0.3 is 6.18 Å². The lowest BCUT2D eigenvalue weighted by Crippen LogP contribution is -2.27. The fraction of sp³-hybridized carbons (Fsp3) is 0.417. The summed E-state index contributed by atoms with van der Waals surface area (Å²) in [5.74, 6) is 0. The van der Waals surface area contributed by atoms with Crippen molar-refractivity contribution in [3.05, 3.63) is 29.3 Å². The Labute approximate surface area is 102 Å². The Kier molecular flexibility index (Phi) is 3.18. The van der Waals surface area contributed by atoms with Crippen LogP contribution in [0.1, 0.15) is 18.1 Å². The molecule has 1 unspecified atom stereocenters. The third kappa shape index (κ3) is 2.27. The molecular formula is C12H11F3N2O. The van der Waals surface area contributed by atoms with Gasteiger partial charge in [0.2, 0.25) is 0 Å². The molecule has 0 aromatic heterocycles. The summed E-state index contributed by atoms with van der Waals surface area (Å²) in [6, 6.07) is 5.28. The summed E-state index contributed by atoms with van der Waals surface area (Å²) in [6.45, 7) is 2.81. The molecule has 0 saturated carbocycles. The Morgan fingerprint density at radius 3 is 2.67 bits per heavy atom. The van der Waals surface area contributed by atoms with Crippen molar-refractivity contribution in [1.82, 2.24) is 0 Å². The standard InChI is InChI=1S/C12H11F3N2O/c1-8-17(4-5-18-8)10-3-2-9(7-16)11(6-10)12(13,14)15/h2-3,6,8H,4-5H2,1H3. The van der Waals surface area contributed by atoms with E-state index >= 15 is 0 Å². The molecule has 1 fully saturated rings. The van der Waals surface area contributed by atoms with Crippen LogP contribution >= 0.6 is 0 Å². The van der Waals surface area contributed by atoms with E-state index in [0.717, 1.165) is 6.07 Å². The van der Waals surface area contributed by atoms with E-state index in [1.54, 1.807) is 17.9 Å². The number of anilines is 1. The van der Waals surface area contributed by atoms with Gasteiger partial charge in [0.05, 0.1) is 23.8 Å². The first-order valence-electron chi connectivity index (χ1n) is 5.43. The predicted octanol–water partition coefficient (Wildman–Crippen LogP) is 2.76. The van der Waals surface area contributed by atoms with Crippen molar-refractivity contribution < 1.29 is 17.9 Å². The van der Waals surface area contributed by atoms with Crippen molar-refractivity contribution in [2.45, 2.75) is 19.3 Å². The molecule has 1 aliphatic heterocycles. The van der Waals surface area contributed by atoms with E-state index in [1.165, 1.54) is 12.1 Å². The molecule has 0 amide bonds. The van der Waals surface area contributed by atoms with Crippen LogP contribution < -0.4 is 4.90 Å². The van der Waals surface area contributed by atoms with Gasteiger partial charge in [0.1, 0.15) is 6.23 Å². The lowest BCUT2D eigenvalue weighted by atomic mass is 10.1. The molecule has 0 bridgehead atoms. The third-order valence-electron chi connectivity index (χ3n) is 2.89. The molecule has 1 saturated heterocycles. The molecule has 18 heavy (non-hydrogen) atoms. The van der Waals surface area contributed by atoms with Crippen LogP contribution in [0.25, 0.3) is 0 Å². The van der Waals surface area contributed by atoms with Crippen molar-refractivity contribution in [3.8, 4) is 6.07 Å². The van der Waals surface area contributed by atoms with Crippen LogP contribution in [0.4, 0.5) is 18.9 Å². The number of ether oxygens (including phenoxy) is 1. The van der Waals surface area contributed by atoms with Crippen LogP contribution in [0.2, 0.25) is 0 Å². The van der Waals surface area contributed by atoms with Crippen molar-refractivity contribution >= 4 is 5.69 Å². The summed E-state index contributed by atoms with van der Waals surface area (Å²) in [5.41, 5.74) is -0.841. The van der Waals surface area contributed by atoms with Crippen molar-refractivity contribution in [1.29, 1.82) is 5.26 Å². The Bertz CT molecular complexity index is 493. The minimum Gasteiger partial charge on any atom is -0.357 e. The molecule has 0 spiro atoms. The number of hydrogen-bond acceptors (Lipinski definition) is 3. The molecule has 6 heteroatoms. The van der Waals surface area contributed by atoms with Gasteiger partial charge in [-0.15, -0.1) is 0 Å². The summed E-state index contributed by atoms with van der Waals surface area (Å²) in [4.78, 5) is 1.73. The normalized spacial score (nSPS) is 19.9. The monoisotopic (exact) mass is 256 g/mol. The third-order valence-corrected chi connectivity index (χ3v) is 2.89. The van der Waals surface area contributed by atoms with Crippen molar-refractivity contribution in [2.75, 3.05) is 18.1 Å².